The SMILES string of the molecule is COCc1cnc(-c2cc(F)c(C#Cc3ccc4cc(F)c(F)cc4c3)c(F)c2)nc1. The van der Waals surface area contributed by atoms with Gasteiger partial charge in [-0.15, -0.1) is 0 Å². The lowest BCUT2D eigenvalue weighted by atomic mass is 10.1. The van der Waals surface area contributed by atoms with E-state index in [0.717, 1.165) is 29.8 Å². The minimum atomic E-state index is -0.984. The van der Waals surface area contributed by atoms with Gasteiger partial charge in [-0.1, -0.05) is 17.9 Å². The van der Waals surface area contributed by atoms with Crippen LogP contribution in [0.3, 0.4) is 0 Å². The molecule has 0 spiro atoms. The number of ether oxygens (including phenoxy) is 1. The first-order chi connectivity index (χ1) is 14.9. The van der Waals surface area contributed by atoms with E-state index in [0.29, 0.717) is 22.9 Å². The Kier molecular flexibility index (Phi) is 5.65. The summed E-state index contributed by atoms with van der Waals surface area (Å²) in [6.45, 7) is 0.327. The van der Waals surface area contributed by atoms with Gasteiger partial charge in [0, 0.05) is 36.2 Å². The molecule has 0 amide bonds. The van der Waals surface area contributed by atoms with Crippen molar-refractivity contribution in [2.24, 2.45) is 0 Å². The van der Waals surface area contributed by atoms with Crippen LogP contribution >= 0.6 is 0 Å². The minimum absolute atomic E-state index is 0.168. The molecule has 154 valence electrons. The maximum Gasteiger partial charge on any atom is 0.159 e. The normalized spacial score (nSPS) is 10.7. The summed E-state index contributed by atoms with van der Waals surface area (Å²) in [5.74, 6) is 1.64. The summed E-state index contributed by atoms with van der Waals surface area (Å²) in [5.41, 5.74) is 0.893. The van der Waals surface area contributed by atoms with Crippen LogP contribution < -0.4 is 0 Å². The molecule has 3 aromatic carbocycles. The molecule has 4 rings (SSSR count). The molecular weight excluding hydrogens is 408 g/mol. The van der Waals surface area contributed by atoms with Crippen molar-refractivity contribution in [3.63, 3.8) is 0 Å². The number of hydrogen-bond donors (Lipinski definition) is 0. The molecule has 7 heteroatoms. The molecule has 0 aliphatic heterocycles. The largest absolute Gasteiger partial charge is 0.380 e. The van der Waals surface area contributed by atoms with Crippen molar-refractivity contribution in [2.45, 2.75) is 6.61 Å². The Hall–Kier alpha value is -3.76. The van der Waals surface area contributed by atoms with Crippen molar-refractivity contribution in [3.05, 3.63) is 94.8 Å². The third-order valence-corrected chi connectivity index (χ3v) is 4.53. The van der Waals surface area contributed by atoms with E-state index in [2.05, 4.69) is 21.8 Å². The van der Waals surface area contributed by atoms with Gasteiger partial charge in [0.05, 0.1) is 12.2 Å². The molecule has 3 nitrogen and oxygen atoms in total. The highest BCUT2D eigenvalue weighted by molar-refractivity contribution is 5.84. The molecule has 0 fully saturated rings. The quantitative estimate of drug-likeness (QED) is 0.328. The van der Waals surface area contributed by atoms with Crippen molar-refractivity contribution in [1.82, 2.24) is 9.97 Å². The number of nitrogens with zero attached hydrogens (tertiary/aromatic N) is 2. The van der Waals surface area contributed by atoms with Crippen LogP contribution in [0, 0.1) is 35.1 Å². The molecule has 0 bridgehead atoms. The van der Waals surface area contributed by atoms with Crippen molar-refractivity contribution in [3.8, 4) is 23.2 Å². The summed E-state index contributed by atoms with van der Waals surface area (Å²) in [7, 11) is 1.54. The number of benzene rings is 3. The van der Waals surface area contributed by atoms with E-state index < -0.39 is 28.8 Å². The second-order valence-electron chi connectivity index (χ2n) is 6.74. The predicted molar refractivity (Wildman–Crippen MR) is 108 cm³/mol. The van der Waals surface area contributed by atoms with Gasteiger partial charge < -0.3 is 4.74 Å². The Morgan fingerprint density at radius 1 is 0.774 bits per heavy atom. The zero-order valence-electron chi connectivity index (χ0n) is 16.2. The van der Waals surface area contributed by atoms with E-state index >= 15 is 0 Å². The van der Waals surface area contributed by atoms with Crippen LogP contribution in [-0.4, -0.2) is 17.1 Å². The Morgan fingerprint density at radius 2 is 1.42 bits per heavy atom. The van der Waals surface area contributed by atoms with Gasteiger partial charge in [0.15, 0.2) is 17.5 Å². The zero-order valence-corrected chi connectivity index (χ0v) is 16.2. The summed E-state index contributed by atoms with van der Waals surface area (Å²) >= 11 is 0. The Balaban J connectivity index is 1.65. The monoisotopic (exact) mass is 422 g/mol. The Labute approximate surface area is 175 Å². The molecule has 0 radical (unpaired) electrons. The lowest BCUT2D eigenvalue weighted by Gasteiger charge is -2.05. The van der Waals surface area contributed by atoms with Crippen LogP contribution in [0.1, 0.15) is 16.7 Å². The molecule has 0 atom stereocenters. The highest BCUT2D eigenvalue weighted by atomic mass is 19.2. The minimum Gasteiger partial charge on any atom is -0.380 e. The van der Waals surface area contributed by atoms with Crippen LogP contribution in [0.2, 0.25) is 0 Å². The van der Waals surface area contributed by atoms with E-state index in [9.17, 15) is 17.6 Å². The van der Waals surface area contributed by atoms with Gasteiger partial charge in [0.1, 0.15) is 11.6 Å². The fraction of sp³-hybridized carbons (Fsp3) is 0.0833. The highest BCUT2D eigenvalue weighted by Gasteiger charge is 2.12. The molecule has 0 aliphatic rings. The average molecular weight is 422 g/mol. The number of hydrogen-bond acceptors (Lipinski definition) is 3. The topological polar surface area (TPSA) is 35.0 Å². The van der Waals surface area contributed by atoms with E-state index in [1.807, 2.05) is 0 Å². The van der Waals surface area contributed by atoms with Gasteiger partial charge in [-0.05, 0) is 47.2 Å². The molecule has 0 unspecified atom stereocenters. The average Bonchev–Trinajstić information content (AvgIpc) is 2.75. The van der Waals surface area contributed by atoms with Crippen LogP contribution in [-0.2, 0) is 11.3 Å². The first-order valence-electron chi connectivity index (χ1n) is 9.14. The molecule has 0 N–H and O–H groups in total. The van der Waals surface area contributed by atoms with Gasteiger partial charge in [-0.3, -0.25) is 0 Å². The fourth-order valence-corrected chi connectivity index (χ4v) is 3.02. The van der Waals surface area contributed by atoms with Crippen LogP contribution in [0.15, 0.2) is 54.9 Å². The molecule has 0 aliphatic carbocycles. The summed E-state index contributed by atoms with van der Waals surface area (Å²) in [5, 5.41) is 0.916. The van der Waals surface area contributed by atoms with Crippen LogP contribution in [0.25, 0.3) is 22.2 Å². The summed E-state index contributed by atoms with van der Waals surface area (Å²) < 4.78 is 60.8. The highest BCUT2D eigenvalue weighted by Crippen LogP contribution is 2.23. The van der Waals surface area contributed by atoms with Crippen LogP contribution in [0.5, 0.6) is 0 Å². The van der Waals surface area contributed by atoms with Gasteiger partial charge in [0.2, 0.25) is 0 Å². The number of methoxy groups -OCH3 is 1. The smallest absolute Gasteiger partial charge is 0.159 e. The van der Waals surface area contributed by atoms with E-state index in [-0.39, 0.29) is 11.4 Å². The molecule has 0 saturated carbocycles. The lowest BCUT2D eigenvalue weighted by molar-refractivity contribution is 0.184. The summed E-state index contributed by atoms with van der Waals surface area (Å²) in [6.07, 6.45) is 3.04. The first-order valence-corrected chi connectivity index (χ1v) is 9.14. The van der Waals surface area contributed by atoms with Crippen molar-refractivity contribution < 1.29 is 22.3 Å². The third-order valence-electron chi connectivity index (χ3n) is 4.53. The lowest BCUT2D eigenvalue weighted by Crippen LogP contribution is -1.97. The van der Waals surface area contributed by atoms with E-state index in [1.54, 1.807) is 12.1 Å². The molecule has 0 saturated heterocycles. The van der Waals surface area contributed by atoms with Gasteiger partial charge in [-0.25, -0.2) is 27.5 Å². The second kappa shape index (κ2) is 8.54. The number of fused-ring (bicyclic) bond motifs is 1. The molecule has 1 heterocycles. The Bertz CT molecular complexity index is 1320. The molecule has 1 aromatic heterocycles. The fourth-order valence-electron chi connectivity index (χ4n) is 3.02. The van der Waals surface area contributed by atoms with Crippen molar-refractivity contribution in [1.29, 1.82) is 0 Å². The molecule has 4 aromatic rings. The predicted octanol–water partition coefficient (Wildman–Crippen LogP) is 5.40. The maximum atomic E-state index is 14.5. The van der Waals surface area contributed by atoms with Gasteiger partial charge >= 0.3 is 0 Å². The zero-order chi connectivity index (χ0) is 22.0. The van der Waals surface area contributed by atoms with E-state index in [1.165, 1.54) is 25.6 Å². The third kappa shape index (κ3) is 4.39. The number of halogens is 4. The van der Waals surface area contributed by atoms with Gasteiger partial charge in [-0.2, -0.15) is 0 Å². The summed E-state index contributed by atoms with van der Waals surface area (Å²) in [6, 6.07) is 8.97. The molecule has 31 heavy (non-hydrogen) atoms. The first kappa shape index (κ1) is 20.5. The Morgan fingerprint density at radius 3 is 2.06 bits per heavy atom. The summed E-state index contributed by atoms with van der Waals surface area (Å²) in [4.78, 5) is 8.19. The maximum absolute atomic E-state index is 14.5. The number of rotatable bonds is 3. The van der Waals surface area contributed by atoms with Gasteiger partial charge in [0.25, 0.3) is 0 Å². The van der Waals surface area contributed by atoms with Crippen molar-refractivity contribution in [2.75, 3.05) is 7.11 Å². The standard InChI is InChI=1S/C24H14F4N2O/c1-31-13-15-11-29-24(30-12-15)18-9-20(25)19(21(26)10-18)5-3-14-2-4-16-7-22(27)23(28)8-17(16)6-14/h2,4,6-12H,13H2,1H3. The van der Waals surface area contributed by atoms with Crippen LogP contribution in [0.4, 0.5) is 17.6 Å². The van der Waals surface area contributed by atoms with E-state index in [4.69, 9.17) is 4.74 Å². The molecular formula is C24H14F4N2O. The number of aromatic nitrogens is 2. The van der Waals surface area contributed by atoms with Crippen molar-refractivity contribution >= 4 is 10.8 Å². The second-order valence-corrected chi connectivity index (χ2v) is 6.74.